The lowest BCUT2D eigenvalue weighted by Crippen LogP contribution is -2.04. The van der Waals surface area contributed by atoms with Crippen LogP contribution in [0.2, 0.25) is 0 Å². The van der Waals surface area contributed by atoms with E-state index in [9.17, 15) is 10.1 Å². The fraction of sp³-hybridized carbons (Fsp3) is 0.118. The van der Waals surface area contributed by atoms with Gasteiger partial charge in [0.2, 0.25) is 5.82 Å². The molecule has 3 aromatic rings. The van der Waals surface area contributed by atoms with E-state index >= 15 is 0 Å². The monoisotopic (exact) mass is 308 g/mol. The lowest BCUT2D eigenvalue weighted by Gasteiger charge is -2.03. The lowest BCUT2D eigenvalue weighted by atomic mass is 10.2. The number of nitrogens with zero attached hydrogens (tertiary/aromatic N) is 3. The first-order valence-electron chi connectivity index (χ1n) is 7.26. The molecule has 0 spiro atoms. The predicted octanol–water partition coefficient (Wildman–Crippen LogP) is 3.45. The first-order valence-corrected chi connectivity index (χ1v) is 7.26. The Kier molecular flexibility index (Phi) is 4.33. The maximum atomic E-state index is 11.2. The van der Waals surface area contributed by atoms with Crippen LogP contribution in [0.15, 0.2) is 66.9 Å². The molecule has 0 bridgehead atoms. The van der Waals surface area contributed by atoms with E-state index in [-0.39, 0.29) is 11.5 Å². The fourth-order valence-corrected chi connectivity index (χ4v) is 2.30. The first-order chi connectivity index (χ1) is 11.2. The average Bonchev–Trinajstić information content (AvgIpc) is 2.98. The van der Waals surface area contributed by atoms with Gasteiger partial charge in [-0.25, -0.2) is 0 Å². The first kappa shape index (κ1) is 14.8. The van der Waals surface area contributed by atoms with Gasteiger partial charge in [-0.3, -0.25) is 14.8 Å². The van der Waals surface area contributed by atoms with Crippen LogP contribution in [0.1, 0.15) is 11.1 Å². The Bertz CT molecular complexity index is 785. The van der Waals surface area contributed by atoms with Crippen molar-refractivity contribution in [1.29, 1.82) is 0 Å². The normalized spacial score (nSPS) is 10.4. The van der Waals surface area contributed by atoms with Gasteiger partial charge in [0.05, 0.1) is 11.5 Å². The molecule has 0 saturated carbocycles. The maximum Gasteiger partial charge on any atom is 0.330 e. The van der Waals surface area contributed by atoms with E-state index in [0.29, 0.717) is 13.1 Å². The summed E-state index contributed by atoms with van der Waals surface area (Å²) in [5.41, 5.74) is 2.07. The van der Waals surface area contributed by atoms with E-state index < -0.39 is 4.92 Å². The van der Waals surface area contributed by atoms with Gasteiger partial charge >= 0.3 is 5.69 Å². The zero-order chi connectivity index (χ0) is 16.1. The SMILES string of the molecule is O=[N+]([O-])c1cn(Cc2ccccc2)nc1NCc1ccccc1. The molecule has 0 atom stereocenters. The third-order valence-corrected chi connectivity index (χ3v) is 3.43. The van der Waals surface area contributed by atoms with Crippen molar-refractivity contribution in [2.75, 3.05) is 5.32 Å². The summed E-state index contributed by atoms with van der Waals surface area (Å²) in [5.74, 6) is 0.287. The summed E-state index contributed by atoms with van der Waals surface area (Å²) in [6.45, 7) is 0.985. The smallest absolute Gasteiger partial charge is 0.330 e. The molecule has 0 saturated heterocycles. The summed E-state index contributed by atoms with van der Waals surface area (Å²) < 4.78 is 1.58. The molecule has 0 radical (unpaired) electrons. The Balaban J connectivity index is 1.77. The third-order valence-electron chi connectivity index (χ3n) is 3.43. The second-order valence-electron chi connectivity index (χ2n) is 5.14. The molecule has 0 aliphatic carbocycles. The summed E-state index contributed by atoms with van der Waals surface area (Å²) in [5, 5.41) is 18.6. The van der Waals surface area contributed by atoms with Crippen LogP contribution >= 0.6 is 0 Å². The van der Waals surface area contributed by atoms with Gasteiger partial charge in [0.1, 0.15) is 6.20 Å². The number of hydrogen-bond acceptors (Lipinski definition) is 4. The van der Waals surface area contributed by atoms with E-state index in [4.69, 9.17) is 0 Å². The molecule has 2 aromatic carbocycles. The van der Waals surface area contributed by atoms with Crippen LogP contribution in [0, 0.1) is 10.1 Å². The minimum atomic E-state index is -0.415. The van der Waals surface area contributed by atoms with Crippen molar-refractivity contribution in [3.05, 3.63) is 88.1 Å². The van der Waals surface area contributed by atoms with Crippen LogP contribution in [0.5, 0.6) is 0 Å². The zero-order valence-electron chi connectivity index (χ0n) is 12.4. The number of aromatic nitrogens is 2. The molecule has 0 aliphatic heterocycles. The molecule has 1 aromatic heterocycles. The van der Waals surface area contributed by atoms with Crippen LogP contribution in [0.4, 0.5) is 11.5 Å². The molecular formula is C17H16N4O2. The van der Waals surface area contributed by atoms with Crippen molar-refractivity contribution in [2.45, 2.75) is 13.1 Å². The highest BCUT2D eigenvalue weighted by atomic mass is 16.6. The number of benzene rings is 2. The number of anilines is 1. The van der Waals surface area contributed by atoms with Gasteiger partial charge in [0, 0.05) is 6.54 Å². The molecule has 1 N–H and O–H groups in total. The van der Waals surface area contributed by atoms with Crippen LogP contribution in [0.3, 0.4) is 0 Å². The van der Waals surface area contributed by atoms with Gasteiger partial charge in [0.15, 0.2) is 0 Å². The average molecular weight is 308 g/mol. The molecule has 0 fully saturated rings. The van der Waals surface area contributed by atoms with Gasteiger partial charge in [-0.1, -0.05) is 60.7 Å². The van der Waals surface area contributed by atoms with Crippen molar-refractivity contribution in [3.8, 4) is 0 Å². The Labute approximate surface area is 133 Å². The van der Waals surface area contributed by atoms with Crippen molar-refractivity contribution in [1.82, 2.24) is 9.78 Å². The van der Waals surface area contributed by atoms with E-state index in [1.165, 1.54) is 6.20 Å². The lowest BCUT2D eigenvalue weighted by molar-refractivity contribution is -0.384. The Morgan fingerprint density at radius 1 is 1.00 bits per heavy atom. The van der Waals surface area contributed by atoms with E-state index in [0.717, 1.165) is 11.1 Å². The molecule has 116 valence electrons. The molecular weight excluding hydrogens is 292 g/mol. The van der Waals surface area contributed by atoms with Crippen molar-refractivity contribution >= 4 is 11.5 Å². The molecule has 0 unspecified atom stereocenters. The highest BCUT2D eigenvalue weighted by Gasteiger charge is 2.19. The van der Waals surface area contributed by atoms with Crippen molar-refractivity contribution < 1.29 is 4.92 Å². The number of rotatable bonds is 6. The second-order valence-corrected chi connectivity index (χ2v) is 5.14. The third kappa shape index (κ3) is 3.74. The molecule has 6 heteroatoms. The van der Waals surface area contributed by atoms with E-state index in [2.05, 4.69) is 10.4 Å². The molecule has 0 aliphatic rings. The van der Waals surface area contributed by atoms with Gasteiger partial charge in [-0.05, 0) is 11.1 Å². The summed E-state index contributed by atoms with van der Waals surface area (Å²) in [4.78, 5) is 10.8. The Morgan fingerprint density at radius 3 is 2.22 bits per heavy atom. The van der Waals surface area contributed by atoms with Crippen molar-refractivity contribution in [2.24, 2.45) is 0 Å². The summed E-state index contributed by atoms with van der Waals surface area (Å²) in [7, 11) is 0. The number of nitrogens with one attached hydrogen (secondary N) is 1. The number of hydrogen-bond donors (Lipinski definition) is 1. The van der Waals surface area contributed by atoms with E-state index in [1.54, 1.807) is 4.68 Å². The fourth-order valence-electron chi connectivity index (χ4n) is 2.30. The summed E-state index contributed by atoms with van der Waals surface area (Å²) in [6, 6.07) is 19.4. The van der Waals surface area contributed by atoms with Gasteiger partial charge < -0.3 is 5.32 Å². The zero-order valence-corrected chi connectivity index (χ0v) is 12.4. The number of nitro groups is 1. The highest BCUT2D eigenvalue weighted by Crippen LogP contribution is 2.23. The van der Waals surface area contributed by atoms with Crippen LogP contribution in [0.25, 0.3) is 0 Å². The maximum absolute atomic E-state index is 11.2. The van der Waals surface area contributed by atoms with Gasteiger partial charge in [-0.15, -0.1) is 5.10 Å². The van der Waals surface area contributed by atoms with Crippen molar-refractivity contribution in [3.63, 3.8) is 0 Å². The highest BCUT2D eigenvalue weighted by molar-refractivity contribution is 5.54. The van der Waals surface area contributed by atoms with E-state index in [1.807, 2.05) is 60.7 Å². The van der Waals surface area contributed by atoms with Crippen LogP contribution in [-0.2, 0) is 13.1 Å². The summed E-state index contributed by atoms with van der Waals surface area (Å²) in [6.07, 6.45) is 1.46. The quantitative estimate of drug-likeness (QED) is 0.559. The van der Waals surface area contributed by atoms with Gasteiger partial charge in [0.25, 0.3) is 0 Å². The molecule has 6 nitrogen and oxygen atoms in total. The standard InChI is InChI=1S/C17H16N4O2/c22-21(23)16-13-20(12-15-9-5-2-6-10-15)19-17(16)18-11-14-7-3-1-4-8-14/h1-10,13H,11-12H2,(H,18,19). The van der Waals surface area contributed by atoms with Crippen LogP contribution < -0.4 is 5.32 Å². The molecule has 1 heterocycles. The second kappa shape index (κ2) is 6.74. The Morgan fingerprint density at radius 2 is 1.61 bits per heavy atom. The Hall–Kier alpha value is -3.15. The largest absolute Gasteiger partial charge is 0.359 e. The minimum Gasteiger partial charge on any atom is -0.359 e. The molecule has 0 amide bonds. The minimum absolute atomic E-state index is 0.0168. The predicted molar refractivity (Wildman–Crippen MR) is 88.2 cm³/mol. The van der Waals surface area contributed by atoms with Crippen LogP contribution in [-0.4, -0.2) is 14.7 Å². The molecule has 23 heavy (non-hydrogen) atoms. The topological polar surface area (TPSA) is 73.0 Å². The summed E-state index contributed by atoms with van der Waals surface area (Å²) >= 11 is 0. The van der Waals surface area contributed by atoms with Gasteiger partial charge in [-0.2, -0.15) is 0 Å². The molecule has 3 rings (SSSR count).